The van der Waals surface area contributed by atoms with E-state index in [1.165, 1.54) is 0 Å². The number of carbonyl (C=O) groups excluding carboxylic acids is 1. The molecule has 0 aliphatic carbocycles. The molecule has 7 nitrogen and oxygen atoms in total. The number of rotatable bonds is 3. The van der Waals surface area contributed by atoms with Crippen molar-refractivity contribution in [3.63, 3.8) is 0 Å². The van der Waals surface area contributed by atoms with Gasteiger partial charge in [0.1, 0.15) is 17.5 Å². The monoisotopic (exact) mass is 428 g/mol. The van der Waals surface area contributed by atoms with Crippen molar-refractivity contribution >= 4 is 24.4 Å². The first-order chi connectivity index (χ1) is 14.3. The first-order valence-corrected chi connectivity index (χ1v) is 10.8. The van der Waals surface area contributed by atoms with E-state index in [1.54, 1.807) is 17.0 Å². The smallest absolute Gasteiger partial charge is 0.492 e. The average Bonchev–Trinajstić information content (AvgIpc) is 2.88. The van der Waals surface area contributed by atoms with Crippen LogP contribution in [0.2, 0.25) is 0 Å². The molecule has 2 aliphatic rings. The zero-order valence-corrected chi connectivity index (χ0v) is 19.7. The van der Waals surface area contributed by atoms with Crippen molar-refractivity contribution in [3.8, 4) is 5.75 Å². The zero-order valence-electron chi connectivity index (χ0n) is 19.7. The van der Waals surface area contributed by atoms with Crippen LogP contribution < -0.4 is 10.2 Å². The maximum atomic E-state index is 12.3. The Kier molecular flexibility index (Phi) is 6.32. The summed E-state index contributed by atoms with van der Waals surface area (Å²) in [5.41, 5.74) is -0.168. The van der Waals surface area contributed by atoms with Crippen molar-refractivity contribution in [1.82, 2.24) is 4.90 Å². The van der Waals surface area contributed by atoms with Gasteiger partial charge in [-0.2, -0.15) is 0 Å². The van der Waals surface area contributed by atoms with Gasteiger partial charge in [-0.1, -0.05) is 6.07 Å². The summed E-state index contributed by atoms with van der Waals surface area (Å²) in [7, 11) is -0.553. The molecule has 1 amide bonds. The molecule has 0 radical (unpaired) electrons. The Morgan fingerprint density at radius 3 is 2.23 bits per heavy atom. The number of piperidine rings is 1. The Bertz CT molecular complexity index is 848. The van der Waals surface area contributed by atoms with Crippen LogP contribution in [0.3, 0.4) is 0 Å². The number of ether oxygens (including phenoxy) is 2. The molecule has 0 aromatic heterocycles. The van der Waals surface area contributed by atoms with Gasteiger partial charge in [-0.25, -0.2) is 9.64 Å². The van der Waals surface area contributed by atoms with E-state index < -0.39 is 23.9 Å². The summed E-state index contributed by atoms with van der Waals surface area (Å²) in [6.45, 7) is 22.2. The fourth-order valence-electron chi connectivity index (χ4n) is 3.53. The summed E-state index contributed by atoms with van der Waals surface area (Å²) < 4.78 is 23.9. The van der Waals surface area contributed by atoms with Gasteiger partial charge < -0.3 is 23.7 Å². The normalized spacial score (nSPS) is 21.0. The van der Waals surface area contributed by atoms with Gasteiger partial charge in [-0.15, -0.1) is 0 Å². The SMILES string of the molecule is [C-]#[N+]c1cc(OC2CCN(C(=O)OC(C)(C)C)CC2)cc(B2OC(C)(C)C(C)(C)O2)c1. The molecule has 1 aromatic carbocycles. The molecule has 8 heteroatoms. The van der Waals surface area contributed by atoms with E-state index in [9.17, 15) is 4.79 Å². The molecule has 0 atom stereocenters. The standard InChI is InChI=1S/C23H33BN2O5/c1-21(2,3)29-20(27)26-11-9-18(10-12-26)28-19-14-16(13-17(15-19)25-8)24-30-22(4,5)23(6,7)31-24/h13-15,18H,9-12H2,1-7H3. The van der Waals surface area contributed by atoms with Crippen molar-refractivity contribution in [1.29, 1.82) is 0 Å². The third kappa shape index (κ3) is 5.52. The third-order valence-electron chi connectivity index (χ3n) is 5.96. The number of benzene rings is 1. The van der Waals surface area contributed by atoms with Crippen LogP contribution in [0.25, 0.3) is 4.85 Å². The van der Waals surface area contributed by atoms with Crippen molar-refractivity contribution in [3.05, 3.63) is 29.6 Å². The second-order valence-electron chi connectivity index (χ2n) is 10.2. The predicted octanol–water partition coefficient (Wildman–Crippen LogP) is 4.31. The van der Waals surface area contributed by atoms with E-state index >= 15 is 0 Å². The molecule has 3 rings (SSSR count). The number of hydrogen-bond acceptors (Lipinski definition) is 5. The molecule has 2 fully saturated rings. The highest BCUT2D eigenvalue weighted by atomic mass is 16.7. The minimum atomic E-state index is -0.553. The van der Waals surface area contributed by atoms with E-state index in [2.05, 4.69) is 4.85 Å². The molecule has 2 saturated heterocycles. The Labute approximate surface area is 185 Å². The van der Waals surface area contributed by atoms with Crippen LogP contribution in [0.1, 0.15) is 61.3 Å². The quantitative estimate of drug-likeness (QED) is 0.530. The topological polar surface area (TPSA) is 61.6 Å². The fourth-order valence-corrected chi connectivity index (χ4v) is 3.53. The molecule has 2 heterocycles. The van der Waals surface area contributed by atoms with E-state index in [1.807, 2.05) is 54.5 Å². The summed E-state index contributed by atoms with van der Waals surface area (Å²) in [6.07, 6.45) is 1.08. The second kappa shape index (κ2) is 8.36. The molecule has 0 N–H and O–H groups in total. The highest BCUT2D eigenvalue weighted by molar-refractivity contribution is 6.62. The van der Waals surface area contributed by atoms with Crippen LogP contribution in [-0.4, -0.2) is 54.1 Å². The van der Waals surface area contributed by atoms with Crippen LogP contribution in [0.15, 0.2) is 18.2 Å². The maximum absolute atomic E-state index is 12.3. The highest BCUT2D eigenvalue weighted by Crippen LogP contribution is 2.37. The summed E-state index contributed by atoms with van der Waals surface area (Å²) in [5, 5.41) is 0. The Hall–Kier alpha value is -2.24. The third-order valence-corrected chi connectivity index (χ3v) is 5.96. The van der Waals surface area contributed by atoms with E-state index in [-0.39, 0.29) is 12.2 Å². The van der Waals surface area contributed by atoms with Crippen LogP contribution in [0.4, 0.5) is 10.5 Å². The first-order valence-electron chi connectivity index (χ1n) is 10.8. The minimum absolute atomic E-state index is 0.0363. The van der Waals surface area contributed by atoms with E-state index in [4.69, 9.17) is 25.4 Å². The molecule has 31 heavy (non-hydrogen) atoms. The Morgan fingerprint density at radius 1 is 1.13 bits per heavy atom. The number of likely N-dealkylation sites (tertiary alicyclic amines) is 1. The van der Waals surface area contributed by atoms with Crippen molar-refractivity contribution in [2.24, 2.45) is 0 Å². The molecule has 2 aliphatic heterocycles. The summed E-state index contributed by atoms with van der Waals surface area (Å²) in [5.74, 6) is 0.619. The molecular formula is C23H33BN2O5. The van der Waals surface area contributed by atoms with Gasteiger partial charge in [0.25, 0.3) is 0 Å². The highest BCUT2D eigenvalue weighted by Gasteiger charge is 2.51. The lowest BCUT2D eigenvalue weighted by atomic mass is 9.79. The van der Waals surface area contributed by atoms with Crippen LogP contribution in [0, 0.1) is 6.57 Å². The average molecular weight is 428 g/mol. The lowest BCUT2D eigenvalue weighted by molar-refractivity contribution is 0.00578. The predicted molar refractivity (Wildman–Crippen MR) is 120 cm³/mol. The van der Waals surface area contributed by atoms with Gasteiger partial charge in [0.15, 0.2) is 5.69 Å². The number of nitrogens with zero attached hydrogens (tertiary/aromatic N) is 2. The van der Waals surface area contributed by atoms with E-state index in [0.29, 0.717) is 37.4 Å². The number of carbonyl (C=O) groups is 1. The summed E-state index contributed by atoms with van der Waals surface area (Å²) in [4.78, 5) is 17.6. The maximum Gasteiger partial charge on any atom is 0.493 e. The van der Waals surface area contributed by atoms with Crippen molar-refractivity contribution in [2.75, 3.05) is 13.1 Å². The van der Waals surface area contributed by atoms with Gasteiger partial charge >= 0.3 is 13.2 Å². The van der Waals surface area contributed by atoms with E-state index in [0.717, 1.165) is 5.46 Å². The molecule has 0 spiro atoms. The lowest BCUT2D eigenvalue weighted by Crippen LogP contribution is -2.44. The number of amides is 1. The van der Waals surface area contributed by atoms with Crippen LogP contribution >= 0.6 is 0 Å². The van der Waals surface area contributed by atoms with Gasteiger partial charge in [0.2, 0.25) is 0 Å². The largest absolute Gasteiger partial charge is 0.493 e. The van der Waals surface area contributed by atoms with Gasteiger partial charge in [0, 0.05) is 25.9 Å². The zero-order chi connectivity index (χ0) is 23.0. The Balaban J connectivity index is 1.66. The van der Waals surface area contributed by atoms with Crippen LogP contribution in [-0.2, 0) is 14.0 Å². The molecular weight excluding hydrogens is 395 g/mol. The molecule has 0 bridgehead atoms. The minimum Gasteiger partial charge on any atom is -0.492 e. The summed E-state index contributed by atoms with van der Waals surface area (Å²) in [6, 6.07) is 5.41. The molecule has 168 valence electrons. The van der Waals surface area contributed by atoms with Gasteiger partial charge in [0.05, 0.1) is 17.8 Å². The number of hydrogen-bond donors (Lipinski definition) is 0. The Morgan fingerprint density at radius 2 is 1.71 bits per heavy atom. The second-order valence-corrected chi connectivity index (χ2v) is 10.2. The van der Waals surface area contributed by atoms with Crippen molar-refractivity contribution in [2.45, 2.75) is 84.2 Å². The van der Waals surface area contributed by atoms with Gasteiger partial charge in [-0.3, -0.25) is 0 Å². The molecule has 1 aromatic rings. The molecule has 0 saturated carbocycles. The van der Waals surface area contributed by atoms with Crippen molar-refractivity contribution < 1.29 is 23.6 Å². The lowest BCUT2D eigenvalue weighted by Gasteiger charge is -2.33. The van der Waals surface area contributed by atoms with Gasteiger partial charge in [-0.05, 0) is 66.1 Å². The summed E-state index contributed by atoms with van der Waals surface area (Å²) >= 11 is 0. The first kappa shape index (κ1) is 23.4. The molecule has 0 unspecified atom stereocenters. The van der Waals surface area contributed by atoms with Crippen LogP contribution in [0.5, 0.6) is 5.75 Å². The fraction of sp³-hybridized carbons (Fsp3) is 0.652.